The summed E-state index contributed by atoms with van der Waals surface area (Å²) in [6.07, 6.45) is 3.40. The van der Waals surface area contributed by atoms with Crippen LogP contribution in [0.1, 0.15) is 12.8 Å². The smallest absolute Gasteiger partial charge is 0.195 e. The Balaban J connectivity index is 0.00000144. The molecule has 17 heavy (non-hydrogen) atoms. The lowest BCUT2D eigenvalue weighted by atomic mass is 10.0. The number of pyridine rings is 1. The summed E-state index contributed by atoms with van der Waals surface area (Å²) in [7, 11) is -3.20. The van der Waals surface area contributed by atoms with Crippen molar-refractivity contribution in [3.63, 3.8) is 0 Å². The fourth-order valence-corrected chi connectivity index (χ4v) is 3.61. The first-order chi connectivity index (χ1) is 7.68. The monoisotopic (exact) mass is 276 g/mol. The number of hydrogen-bond acceptors (Lipinski definition) is 4. The van der Waals surface area contributed by atoms with Gasteiger partial charge in [-0.1, -0.05) is 6.07 Å². The molecule has 0 spiro atoms. The van der Waals surface area contributed by atoms with Crippen LogP contribution in [0.15, 0.2) is 29.4 Å². The van der Waals surface area contributed by atoms with Gasteiger partial charge in [0.1, 0.15) is 0 Å². The third kappa shape index (κ3) is 3.94. The molecule has 1 N–H and O–H groups in total. The standard InChI is InChI=1S/C11H16N2O2S.ClH/c14-16(15,11-3-1-2-6-13-11)9-10-4-7-12-8-5-10;/h1-3,6,10,12H,4-5,7-9H2;1H. The molecule has 0 aliphatic carbocycles. The Labute approximate surface area is 108 Å². The van der Waals surface area contributed by atoms with E-state index >= 15 is 0 Å². The van der Waals surface area contributed by atoms with Crippen molar-refractivity contribution in [3.05, 3.63) is 24.4 Å². The van der Waals surface area contributed by atoms with E-state index in [2.05, 4.69) is 10.3 Å². The average molecular weight is 277 g/mol. The van der Waals surface area contributed by atoms with E-state index < -0.39 is 9.84 Å². The minimum atomic E-state index is -3.20. The first kappa shape index (κ1) is 14.4. The fourth-order valence-electron chi connectivity index (χ4n) is 1.98. The number of aromatic nitrogens is 1. The topological polar surface area (TPSA) is 59.1 Å². The number of hydrogen-bond donors (Lipinski definition) is 1. The molecule has 1 saturated heterocycles. The Morgan fingerprint density at radius 1 is 1.29 bits per heavy atom. The molecule has 0 radical (unpaired) electrons. The van der Waals surface area contributed by atoms with Crippen LogP contribution in [0.5, 0.6) is 0 Å². The lowest BCUT2D eigenvalue weighted by Crippen LogP contribution is -2.31. The normalized spacial score (nSPS) is 17.4. The molecule has 6 heteroatoms. The molecule has 4 nitrogen and oxygen atoms in total. The average Bonchev–Trinajstić information content (AvgIpc) is 2.31. The molecule has 1 aliphatic rings. The van der Waals surface area contributed by atoms with Crippen LogP contribution in [-0.4, -0.2) is 32.2 Å². The van der Waals surface area contributed by atoms with Crippen molar-refractivity contribution >= 4 is 22.2 Å². The van der Waals surface area contributed by atoms with E-state index in [4.69, 9.17) is 0 Å². The highest BCUT2D eigenvalue weighted by atomic mass is 35.5. The zero-order valence-electron chi connectivity index (χ0n) is 9.50. The van der Waals surface area contributed by atoms with Crippen LogP contribution in [-0.2, 0) is 9.84 Å². The van der Waals surface area contributed by atoms with E-state index in [-0.39, 0.29) is 29.1 Å². The van der Waals surface area contributed by atoms with Crippen molar-refractivity contribution in [2.75, 3.05) is 18.8 Å². The second-order valence-corrected chi connectivity index (χ2v) is 6.12. The van der Waals surface area contributed by atoms with Crippen LogP contribution in [0, 0.1) is 5.92 Å². The first-order valence-electron chi connectivity index (χ1n) is 5.53. The highest BCUT2D eigenvalue weighted by molar-refractivity contribution is 7.91. The van der Waals surface area contributed by atoms with Gasteiger partial charge in [0.25, 0.3) is 0 Å². The molecule has 1 fully saturated rings. The van der Waals surface area contributed by atoms with Crippen molar-refractivity contribution in [1.29, 1.82) is 0 Å². The Hall–Kier alpha value is -0.650. The second kappa shape index (κ2) is 6.33. The summed E-state index contributed by atoms with van der Waals surface area (Å²) in [6.45, 7) is 1.84. The lowest BCUT2D eigenvalue weighted by Gasteiger charge is -2.21. The zero-order chi connectivity index (χ0) is 11.4. The number of rotatable bonds is 3. The molecule has 2 rings (SSSR count). The fraction of sp³-hybridized carbons (Fsp3) is 0.545. The minimum Gasteiger partial charge on any atom is -0.317 e. The van der Waals surface area contributed by atoms with Gasteiger partial charge in [-0.3, -0.25) is 0 Å². The van der Waals surface area contributed by atoms with Gasteiger partial charge in [-0.05, 0) is 44.0 Å². The van der Waals surface area contributed by atoms with Gasteiger partial charge < -0.3 is 5.32 Å². The Kier molecular flexibility index (Phi) is 5.36. The van der Waals surface area contributed by atoms with Gasteiger partial charge in [0, 0.05) is 6.20 Å². The maximum atomic E-state index is 12.0. The van der Waals surface area contributed by atoms with Crippen LogP contribution in [0.3, 0.4) is 0 Å². The summed E-state index contributed by atoms with van der Waals surface area (Å²) in [5, 5.41) is 3.43. The molecular weight excluding hydrogens is 260 g/mol. The molecule has 0 unspecified atom stereocenters. The number of halogens is 1. The van der Waals surface area contributed by atoms with Crippen molar-refractivity contribution in [2.45, 2.75) is 17.9 Å². The third-order valence-electron chi connectivity index (χ3n) is 2.87. The number of piperidine rings is 1. The zero-order valence-corrected chi connectivity index (χ0v) is 11.1. The summed E-state index contributed by atoms with van der Waals surface area (Å²) in [6, 6.07) is 5.00. The van der Waals surface area contributed by atoms with E-state index in [9.17, 15) is 8.42 Å². The summed E-state index contributed by atoms with van der Waals surface area (Å²) in [5.41, 5.74) is 0. The SMILES string of the molecule is Cl.O=S(=O)(CC1CCNCC1)c1ccccn1. The molecule has 96 valence electrons. The molecule has 0 bridgehead atoms. The molecule has 1 aromatic rings. The lowest BCUT2D eigenvalue weighted by molar-refractivity contribution is 0.401. The first-order valence-corrected chi connectivity index (χ1v) is 7.18. The molecular formula is C11H17ClN2O2S. The van der Waals surface area contributed by atoms with Gasteiger partial charge in [0.05, 0.1) is 5.75 Å². The number of nitrogens with zero attached hydrogens (tertiary/aromatic N) is 1. The summed E-state index contributed by atoms with van der Waals surface area (Å²) >= 11 is 0. The van der Waals surface area contributed by atoms with Crippen LogP contribution in [0.4, 0.5) is 0 Å². The van der Waals surface area contributed by atoms with Crippen molar-refractivity contribution in [1.82, 2.24) is 10.3 Å². The van der Waals surface area contributed by atoms with Crippen molar-refractivity contribution < 1.29 is 8.42 Å². The number of nitrogens with one attached hydrogen (secondary N) is 1. The predicted octanol–water partition coefficient (Wildman–Crippen LogP) is 1.28. The van der Waals surface area contributed by atoms with Crippen molar-refractivity contribution in [3.8, 4) is 0 Å². The molecule has 0 aromatic carbocycles. The molecule has 1 aromatic heterocycles. The molecule has 2 heterocycles. The van der Waals surface area contributed by atoms with E-state index in [0.29, 0.717) is 0 Å². The summed E-state index contributed by atoms with van der Waals surface area (Å²) in [5.74, 6) is 0.499. The highest BCUT2D eigenvalue weighted by Gasteiger charge is 2.23. The van der Waals surface area contributed by atoms with Gasteiger partial charge >= 0.3 is 0 Å². The van der Waals surface area contributed by atoms with Gasteiger partial charge in [-0.2, -0.15) is 0 Å². The quantitative estimate of drug-likeness (QED) is 0.903. The van der Waals surface area contributed by atoms with Crippen LogP contribution in [0.25, 0.3) is 0 Å². The molecule has 0 atom stereocenters. The minimum absolute atomic E-state index is 0. The Morgan fingerprint density at radius 2 is 2.00 bits per heavy atom. The third-order valence-corrected chi connectivity index (χ3v) is 4.66. The van der Waals surface area contributed by atoms with Crippen LogP contribution >= 0.6 is 12.4 Å². The summed E-state index contributed by atoms with van der Waals surface area (Å²) in [4.78, 5) is 3.91. The van der Waals surface area contributed by atoms with Gasteiger partial charge in [-0.25, -0.2) is 13.4 Å². The van der Waals surface area contributed by atoms with Crippen LogP contribution < -0.4 is 5.32 Å². The second-order valence-electron chi connectivity index (χ2n) is 4.14. The van der Waals surface area contributed by atoms with E-state index in [0.717, 1.165) is 25.9 Å². The molecule has 0 amide bonds. The molecule has 1 aliphatic heterocycles. The highest BCUT2D eigenvalue weighted by Crippen LogP contribution is 2.18. The Morgan fingerprint density at radius 3 is 2.59 bits per heavy atom. The van der Waals surface area contributed by atoms with Gasteiger partial charge in [0.2, 0.25) is 0 Å². The predicted molar refractivity (Wildman–Crippen MR) is 69.1 cm³/mol. The maximum absolute atomic E-state index is 12.0. The van der Waals surface area contributed by atoms with Crippen molar-refractivity contribution in [2.24, 2.45) is 5.92 Å². The van der Waals surface area contributed by atoms with E-state index in [1.165, 1.54) is 6.20 Å². The maximum Gasteiger partial charge on any atom is 0.195 e. The van der Waals surface area contributed by atoms with E-state index in [1.807, 2.05) is 0 Å². The summed E-state index contributed by atoms with van der Waals surface area (Å²) < 4.78 is 24.0. The van der Waals surface area contributed by atoms with E-state index in [1.54, 1.807) is 18.2 Å². The number of sulfone groups is 1. The van der Waals surface area contributed by atoms with Gasteiger partial charge in [-0.15, -0.1) is 12.4 Å². The van der Waals surface area contributed by atoms with Crippen LogP contribution in [0.2, 0.25) is 0 Å². The largest absolute Gasteiger partial charge is 0.317 e. The van der Waals surface area contributed by atoms with Gasteiger partial charge in [0.15, 0.2) is 14.9 Å². The Bertz CT molecular complexity index is 430. The molecule has 0 saturated carbocycles.